The smallest absolute Gasteiger partial charge is 0.268 e. The highest BCUT2D eigenvalue weighted by Crippen LogP contribution is 2.38. The first-order valence-corrected chi connectivity index (χ1v) is 10.0. The number of para-hydroxylation sites is 1. The fraction of sp³-hybridized carbons (Fsp3) is 0.0952. The van der Waals surface area contributed by atoms with Crippen LogP contribution in [-0.4, -0.2) is 24.4 Å². The van der Waals surface area contributed by atoms with Crippen molar-refractivity contribution in [2.45, 2.75) is 11.8 Å². The normalized spacial score (nSPS) is 11.6. The SMILES string of the molecule is Cc1c(N(C)c2ccccn2)c2ccccc2n1S(=O)(=O)c1ccccc1. The number of pyridine rings is 1. The van der Waals surface area contributed by atoms with Crippen molar-refractivity contribution in [1.29, 1.82) is 0 Å². The molecule has 136 valence electrons. The average Bonchev–Trinajstić information content (AvgIpc) is 3.01. The lowest BCUT2D eigenvalue weighted by Gasteiger charge is -2.19. The van der Waals surface area contributed by atoms with E-state index in [1.54, 1.807) is 36.5 Å². The van der Waals surface area contributed by atoms with Crippen LogP contribution in [0, 0.1) is 6.92 Å². The number of anilines is 2. The van der Waals surface area contributed by atoms with Gasteiger partial charge in [-0.3, -0.25) is 0 Å². The standard InChI is InChI=1S/C21H19N3O2S/c1-16-21(23(2)20-14-8-9-15-22-20)18-12-6-7-13-19(18)24(16)27(25,26)17-10-4-3-5-11-17/h3-15H,1-2H3. The Morgan fingerprint density at radius 3 is 2.26 bits per heavy atom. The van der Waals surface area contributed by atoms with Gasteiger partial charge in [-0.05, 0) is 37.3 Å². The first kappa shape index (κ1) is 17.3. The molecule has 6 heteroatoms. The van der Waals surface area contributed by atoms with Crippen LogP contribution in [0.15, 0.2) is 83.9 Å². The van der Waals surface area contributed by atoms with Crippen molar-refractivity contribution in [3.05, 3.63) is 84.7 Å². The van der Waals surface area contributed by atoms with Gasteiger partial charge in [0, 0.05) is 18.6 Å². The van der Waals surface area contributed by atoms with E-state index < -0.39 is 10.0 Å². The molecule has 0 aliphatic heterocycles. The maximum absolute atomic E-state index is 13.4. The maximum atomic E-state index is 13.4. The second-order valence-electron chi connectivity index (χ2n) is 6.28. The van der Waals surface area contributed by atoms with Gasteiger partial charge < -0.3 is 4.90 Å². The number of aromatic nitrogens is 2. The average molecular weight is 377 g/mol. The number of benzene rings is 2. The zero-order chi connectivity index (χ0) is 19.0. The van der Waals surface area contributed by atoms with E-state index in [2.05, 4.69) is 4.98 Å². The number of hydrogen-bond donors (Lipinski definition) is 0. The Kier molecular flexibility index (Phi) is 4.20. The molecule has 2 heterocycles. The molecule has 4 aromatic rings. The molecule has 0 N–H and O–H groups in total. The molecule has 27 heavy (non-hydrogen) atoms. The first-order chi connectivity index (χ1) is 13.0. The van der Waals surface area contributed by atoms with Crippen LogP contribution in [0.5, 0.6) is 0 Å². The van der Waals surface area contributed by atoms with Gasteiger partial charge in [-0.2, -0.15) is 0 Å². The molecule has 0 unspecified atom stereocenters. The molecule has 5 nitrogen and oxygen atoms in total. The quantitative estimate of drug-likeness (QED) is 0.531. The summed E-state index contributed by atoms with van der Waals surface area (Å²) in [7, 11) is -1.82. The van der Waals surface area contributed by atoms with Crippen LogP contribution < -0.4 is 4.90 Å². The molecule has 0 aliphatic carbocycles. The van der Waals surface area contributed by atoms with E-state index in [-0.39, 0.29) is 4.90 Å². The highest BCUT2D eigenvalue weighted by Gasteiger charge is 2.26. The number of hydrogen-bond acceptors (Lipinski definition) is 4. The third kappa shape index (κ3) is 2.78. The van der Waals surface area contributed by atoms with Gasteiger partial charge >= 0.3 is 0 Å². The monoisotopic (exact) mass is 377 g/mol. The molecule has 2 aromatic heterocycles. The van der Waals surface area contributed by atoms with Crippen molar-refractivity contribution in [3.63, 3.8) is 0 Å². The van der Waals surface area contributed by atoms with Crippen LogP contribution in [-0.2, 0) is 10.0 Å². The summed E-state index contributed by atoms with van der Waals surface area (Å²) in [6.07, 6.45) is 1.72. The Morgan fingerprint density at radius 2 is 1.56 bits per heavy atom. The highest BCUT2D eigenvalue weighted by atomic mass is 32.2. The summed E-state index contributed by atoms with van der Waals surface area (Å²) in [6.45, 7) is 1.83. The molecule has 0 bridgehead atoms. The van der Waals surface area contributed by atoms with E-state index in [4.69, 9.17) is 0 Å². The molecule has 2 aromatic carbocycles. The zero-order valence-electron chi connectivity index (χ0n) is 15.1. The van der Waals surface area contributed by atoms with Crippen LogP contribution in [0.2, 0.25) is 0 Å². The summed E-state index contributed by atoms with van der Waals surface area (Å²) < 4.78 is 28.2. The molecule has 0 atom stereocenters. The minimum Gasteiger partial charge on any atom is -0.327 e. The Balaban J connectivity index is 2.01. The largest absolute Gasteiger partial charge is 0.327 e. The van der Waals surface area contributed by atoms with E-state index in [0.29, 0.717) is 11.2 Å². The fourth-order valence-electron chi connectivity index (χ4n) is 3.42. The Bertz CT molecular complexity index is 1200. The van der Waals surface area contributed by atoms with E-state index in [1.165, 1.54) is 3.97 Å². The molecule has 0 saturated heterocycles. The van der Waals surface area contributed by atoms with E-state index in [0.717, 1.165) is 16.9 Å². The molecule has 0 saturated carbocycles. The van der Waals surface area contributed by atoms with E-state index in [9.17, 15) is 8.42 Å². The number of rotatable bonds is 4. The maximum Gasteiger partial charge on any atom is 0.268 e. The topological polar surface area (TPSA) is 55.2 Å². The van der Waals surface area contributed by atoms with Gasteiger partial charge in [0.15, 0.2) is 0 Å². The molecular formula is C21H19N3O2S. The molecule has 0 aliphatic rings. The van der Waals surface area contributed by atoms with Gasteiger partial charge in [-0.15, -0.1) is 0 Å². The van der Waals surface area contributed by atoms with Crippen LogP contribution >= 0.6 is 0 Å². The molecule has 0 spiro atoms. The van der Waals surface area contributed by atoms with Crippen LogP contribution in [0.25, 0.3) is 10.9 Å². The third-order valence-corrected chi connectivity index (χ3v) is 6.45. The third-order valence-electron chi connectivity index (χ3n) is 4.64. The molecule has 0 fully saturated rings. The first-order valence-electron chi connectivity index (χ1n) is 8.57. The Hall–Kier alpha value is -3.12. The lowest BCUT2D eigenvalue weighted by molar-refractivity contribution is 0.588. The highest BCUT2D eigenvalue weighted by molar-refractivity contribution is 7.90. The summed E-state index contributed by atoms with van der Waals surface area (Å²) in [5, 5.41) is 0.864. The summed E-state index contributed by atoms with van der Waals surface area (Å²) in [4.78, 5) is 6.59. The van der Waals surface area contributed by atoms with Crippen LogP contribution in [0.4, 0.5) is 11.5 Å². The lowest BCUT2D eigenvalue weighted by atomic mass is 10.2. The molecule has 4 rings (SSSR count). The zero-order valence-corrected chi connectivity index (χ0v) is 15.9. The van der Waals surface area contributed by atoms with Crippen LogP contribution in [0.3, 0.4) is 0 Å². The predicted molar refractivity (Wildman–Crippen MR) is 108 cm³/mol. The van der Waals surface area contributed by atoms with Crippen molar-refractivity contribution in [2.75, 3.05) is 11.9 Å². The van der Waals surface area contributed by atoms with Gasteiger partial charge in [0.1, 0.15) is 5.82 Å². The van der Waals surface area contributed by atoms with Crippen molar-refractivity contribution in [1.82, 2.24) is 8.96 Å². The second-order valence-corrected chi connectivity index (χ2v) is 8.07. The van der Waals surface area contributed by atoms with Gasteiger partial charge in [0.2, 0.25) is 0 Å². The summed E-state index contributed by atoms with van der Waals surface area (Å²) in [5.74, 6) is 0.751. The van der Waals surface area contributed by atoms with Gasteiger partial charge in [-0.25, -0.2) is 17.4 Å². The summed E-state index contributed by atoms with van der Waals surface area (Å²) >= 11 is 0. The van der Waals surface area contributed by atoms with Gasteiger partial charge in [0.25, 0.3) is 10.0 Å². The second kappa shape index (κ2) is 6.55. The van der Waals surface area contributed by atoms with Crippen molar-refractivity contribution < 1.29 is 8.42 Å². The fourth-order valence-corrected chi connectivity index (χ4v) is 5.00. The Labute approximate surface area is 158 Å². The molecular weight excluding hydrogens is 358 g/mol. The van der Waals surface area contributed by atoms with Gasteiger partial charge in [-0.1, -0.05) is 42.5 Å². The minimum atomic E-state index is -3.72. The summed E-state index contributed by atoms with van der Waals surface area (Å²) in [6, 6.07) is 21.7. The van der Waals surface area contributed by atoms with E-state index in [1.807, 2.05) is 61.3 Å². The number of fused-ring (bicyclic) bond motifs is 1. The lowest BCUT2D eigenvalue weighted by Crippen LogP contribution is -2.16. The van der Waals surface area contributed by atoms with E-state index >= 15 is 0 Å². The number of nitrogens with zero attached hydrogens (tertiary/aromatic N) is 3. The minimum absolute atomic E-state index is 0.265. The van der Waals surface area contributed by atoms with Crippen molar-refractivity contribution in [2.24, 2.45) is 0 Å². The summed E-state index contributed by atoms with van der Waals surface area (Å²) in [5.41, 5.74) is 2.12. The van der Waals surface area contributed by atoms with Crippen molar-refractivity contribution in [3.8, 4) is 0 Å². The van der Waals surface area contributed by atoms with Crippen LogP contribution in [0.1, 0.15) is 5.69 Å². The van der Waals surface area contributed by atoms with Gasteiger partial charge in [0.05, 0.1) is 21.8 Å². The van der Waals surface area contributed by atoms with Crippen molar-refractivity contribution >= 4 is 32.4 Å². The molecule has 0 amide bonds. The predicted octanol–water partition coefficient (Wildman–Crippen LogP) is 4.35. The molecule has 0 radical (unpaired) electrons. The Morgan fingerprint density at radius 1 is 0.889 bits per heavy atom.